The van der Waals surface area contributed by atoms with E-state index in [0.29, 0.717) is 18.9 Å². The van der Waals surface area contributed by atoms with Gasteiger partial charge in [0.05, 0.1) is 0 Å². The molecule has 0 heterocycles. The third-order valence-corrected chi connectivity index (χ3v) is 1.97. The Morgan fingerprint density at radius 2 is 2.08 bits per heavy atom. The molecule has 13 heavy (non-hydrogen) atoms. The maximum atomic E-state index is 11.3. The normalized spacial score (nSPS) is 13.9. The molecule has 1 amide bonds. The summed E-state index contributed by atoms with van der Waals surface area (Å²) in [5, 5.41) is 2.82. The Hall–Kier alpha value is -0.570. The van der Waals surface area contributed by atoms with E-state index in [1.54, 1.807) is 0 Å². The summed E-state index contributed by atoms with van der Waals surface area (Å²) in [5.41, 5.74) is 5.42. The van der Waals surface area contributed by atoms with Gasteiger partial charge < -0.3 is 11.1 Å². The van der Waals surface area contributed by atoms with Crippen LogP contribution in [0, 0.1) is 5.92 Å². The van der Waals surface area contributed by atoms with E-state index in [1.807, 2.05) is 13.8 Å². The first kappa shape index (κ1) is 12.4. The molecular weight excluding hydrogens is 164 g/mol. The summed E-state index contributed by atoms with van der Waals surface area (Å²) in [4.78, 5) is 11.3. The first-order valence-corrected chi connectivity index (χ1v) is 4.90. The van der Waals surface area contributed by atoms with Crippen molar-refractivity contribution in [3.63, 3.8) is 0 Å². The van der Waals surface area contributed by atoms with Crippen LogP contribution in [-0.4, -0.2) is 18.0 Å². The molecular formula is C10H22N2O. The molecule has 0 aromatic carbocycles. The Kier molecular flexibility index (Phi) is 4.99. The molecule has 0 radical (unpaired) electrons. The molecule has 0 rings (SSSR count). The first-order valence-electron chi connectivity index (χ1n) is 4.90. The van der Waals surface area contributed by atoms with Gasteiger partial charge >= 0.3 is 0 Å². The second kappa shape index (κ2) is 5.22. The first-order chi connectivity index (χ1) is 5.85. The standard InChI is InChI=1S/C10H22N2O/c1-5-8(2)6-9(13)12-7-10(3,4)11/h8H,5-7,11H2,1-4H3,(H,12,13). The van der Waals surface area contributed by atoms with Gasteiger partial charge in [0.1, 0.15) is 0 Å². The van der Waals surface area contributed by atoms with Gasteiger partial charge in [-0.3, -0.25) is 4.79 Å². The van der Waals surface area contributed by atoms with Crippen LogP contribution in [0.1, 0.15) is 40.5 Å². The second-order valence-corrected chi connectivity index (χ2v) is 4.48. The minimum atomic E-state index is -0.314. The molecule has 0 spiro atoms. The van der Waals surface area contributed by atoms with Crippen molar-refractivity contribution in [1.29, 1.82) is 0 Å². The highest BCUT2D eigenvalue weighted by atomic mass is 16.1. The van der Waals surface area contributed by atoms with E-state index in [4.69, 9.17) is 5.73 Å². The van der Waals surface area contributed by atoms with E-state index < -0.39 is 0 Å². The van der Waals surface area contributed by atoms with Crippen molar-refractivity contribution in [3.8, 4) is 0 Å². The number of carbonyl (C=O) groups is 1. The van der Waals surface area contributed by atoms with Crippen molar-refractivity contribution in [2.75, 3.05) is 6.54 Å². The zero-order chi connectivity index (χ0) is 10.5. The van der Waals surface area contributed by atoms with Gasteiger partial charge in [-0.2, -0.15) is 0 Å². The van der Waals surface area contributed by atoms with Crippen LogP contribution in [0.4, 0.5) is 0 Å². The molecule has 78 valence electrons. The molecule has 0 aliphatic heterocycles. The summed E-state index contributed by atoms with van der Waals surface area (Å²) in [6.07, 6.45) is 1.64. The molecule has 0 aliphatic carbocycles. The molecule has 0 aromatic rings. The summed E-state index contributed by atoms with van der Waals surface area (Å²) in [6, 6.07) is 0. The van der Waals surface area contributed by atoms with Crippen molar-refractivity contribution in [3.05, 3.63) is 0 Å². The van der Waals surface area contributed by atoms with Gasteiger partial charge in [-0.15, -0.1) is 0 Å². The lowest BCUT2D eigenvalue weighted by molar-refractivity contribution is -0.122. The van der Waals surface area contributed by atoms with Crippen LogP contribution in [0.2, 0.25) is 0 Å². The molecule has 3 nitrogen and oxygen atoms in total. The number of rotatable bonds is 5. The number of amides is 1. The van der Waals surface area contributed by atoms with Gasteiger partial charge in [0.25, 0.3) is 0 Å². The van der Waals surface area contributed by atoms with Crippen LogP contribution in [0.25, 0.3) is 0 Å². The maximum absolute atomic E-state index is 11.3. The highest BCUT2D eigenvalue weighted by molar-refractivity contribution is 5.76. The van der Waals surface area contributed by atoms with Crippen LogP contribution in [0.3, 0.4) is 0 Å². The average Bonchev–Trinajstić information content (AvgIpc) is 1.99. The fourth-order valence-electron chi connectivity index (χ4n) is 0.859. The molecule has 1 unspecified atom stereocenters. The largest absolute Gasteiger partial charge is 0.354 e. The summed E-state index contributed by atoms with van der Waals surface area (Å²) < 4.78 is 0. The molecule has 1 atom stereocenters. The minimum absolute atomic E-state index is 0.105. The highest BCUT2D eigenvalue weighted by Crippen LogP contribution is 2.05. The molecule has 0 aromatic heterocycles. The summed E-state index contributed by atoms with van der Waals surface area (Å²) in [7, 11) is 0. The molecule has 0 bridgehead atoms. The quantitative estimate of drug-likeness (QED) is 0.679. The predicted molar refractivity (Wildman–Crippen MR) is 55.3 cm³/mol. The molecule has 0 saturated carbocycles. The molecule has 0 saturated heterocycles. The summed E-state index contributed by atoms with van der Waals surface area (Å²) in [5.74, 6) is 0.564. The highest BCUT2D eigenvalue weighted by Gasteiger charge is 2.13. The maximum Gasteiger partial charge on any atom is 0.220 e. The Morgan fingerprint density at radius 3 is 2.46 bits per heavy atom. The SMILES string of the molecule is CCC(C)CC(=O)NCC(C)(C)N. The zero-order valence-corrected chi connectivity index (χ0v) is 9.18. The molecule has 3 heteroatoms. The Labute approximate surface area is 81.1 Å². The van der Waals surface area contributed by atoms with Gasteiger partial charge in [-0.1, -0.05) is 20.3 Å². The number of nitrogens with two attached hydrogens (primary N) is 1. The average molecular weight is 186 g/mol. The van der Waals surface area contributed by atoms with E-state index in [2.05, 4.69) is 19.2 Å². The smallest absolute Gasteiger partial charge is 0.220 e. The van der Waals surface area contributed by atoms with E-state index in [9.17, 15) is 4.79 Å². The van der Waals surface area contributed by atoms with Gasteiger partial charge in [-0.25, -0.2) is 0 Å². The zero-order valence-electron chi connectivity index (χ0n) is 9.18. The van der Waals surface area contributed by atoms with Crippen molar-refractivity contribution in [1.82, 2.24) is 5.32 Å². The monoisotopic (exact) mass is 186 g/mol. The van der Waals surface area contributed by atoms with E-state index in [1.165, 1.54) is 0 Å². The Morgan fingerprint density at radius 1 is 1.54 bits per heavy atom. The fourth-order valence-corrected chi connectivity index (χ4v) is 0.859. The number of nitrogens with one attached hydrogen (secondary N) is 1. The Balaban J connectivity index is 3.64. The molecule has 0 aliphatic rings. The van der Waals surface area contributed by atoms with Crippen LogP contribution in [-0.2, 0) is 4.79 Å². The topological polar surface area (TPSA) is 55.1 Å². The van der Waals surface area contributed by atoms with Crippen LogP contribution >= 0.6 is 0 Å². The lowest BCUT2D eigenvalue weighted by Gasteiger charge is -2.19. The minimum Gasteiger partial charge on any atom is -0.354 e. The van der Waals surface area contributed by atoms with Crippen LogP contribution in [0.5, 0.6) is 0 Å². The number of hydrogen-bond donors (Lipinski definition) is 2. The van der Waals surface area contributed by atoms with Crippen LogP contribution < -0.4 is 11.1 Å². The van der Waals surface area contributed by atoms with Gasteiger partial charge in [0.2, 0.25) is 5.91 Å². The van der Waals surface area contributed by atoms with Crippen LogP contribution in [0.15, 0.2) is 0 Å². The van der Waals surface area contributed by atoms with Gasteiger partial charge in [0, 0.05) is 18.5 Å². The summed E-state index contributed by atoms with van der Waals surface area (Å²) >= 11 is 0. The second-order valence-electron chi connectivity index (χ2n) is 4.48. The van der Waals surface area contributed by atoms with Gasteiger partial charge in [0.15, 0.2) is 0 Å². The summed E-state index contributed by atoms with van der Waals surface area (Å²) in [6.45, 7) is 8.51. The Bertz CT molecular complexity index is 161. The lowest BCUT2D eigenvalue weighted by atomic mass is 10.0. The van der Waals surface area contributed by atoms with Crippen molar-refractivity contribution < 1.29 is 4.79 Å². The van der Waals surface area contributed by atoms with Gasteiger partial charge in [-0.05, 0) is 19.8 Å². The molecule has 0 fully saturated rings. The number of carbonyl (C=O) groups excluding carboxylic acids is 1. The van der Waals surface area contributed by atoms with E-state index in [-0.39, 0.29) is 11.4 Å². The van der Waals surface area contributed by atoms with Crippen molar-refractivity contribution in [2.45, 2.75) is 46.1 Å². The third-order valence-electron chi connectivity index (χ3n) is 1.97. The predicted octanol–water partition coefficient (Wildman–Crippen LogP) is 1.28. The molecule has 3 N–H and O–H groups in total. The van der Waals surface area contributed by atoms with Crippen molar-refractivity contribution >= 4 is 5.91 Å². The lowest BCUT2D eigenvalue weighted by Crippen LogP contribution is -2.45. The fraction of sp³-hybridized carbons (Fsp3) is 0.900. The van der Waals surface area contributed by atoms with E-state index in [0.717, 1.165) is 6.42 Å². The number of hydrogen-bond acceptors (Lipinski definition) is 2. The third kappa shape index (κ3) is 7.78. The van der Waals surface area contributed by atoms with E-state index >= 15 is 0 Å². The van der Waals surface area contributed by atoms with Crippen molar-refractivity contribution in [2.24, 2.45) is 11.7 Å².